The van der Waals surface area contributed by atoms with E-state index >= 15 is 0 Å². The summed E-state index contributed by atoms with van der Waals surface area (Å²) in [7, 11) is 0. The van der Waals surface area contributed by atoms with Gasteiger partial charge in [-0.3, -0.25) is 0 Å². The summed E-state index contributed by atoms with van der Waals surface area (Å²) in [6.07, 6.45) is 5.30. The molecule has 0 unspecified atom stereocenters. The Morgan fingerprint density at radius 2 is 1.58 bits per heavy atom. The van der Waals surface area contributed by atoms with Crippen molar-refractivity contribution in [2.24, 2.45) is 0 Å². The second-order valence-electron chi connectivity index (χ2n) is 4.17. The fourth-order valence-electron chi connectivity index (χ4n) is 1.76. The van der Waals surface area contributed by atoms with E-state index in [2.05, 4.69) is 19.9 Å². The number of hydrogen-bond donors (Lipinski definition) is 1. The minimum Gasteiger partial charge on any atom is -0.338 e. The standard InChI is InChI=1S/C14H11ClN4/c1-9-16-6-11(7-17-9)14-18-8-13(19-14)10-2-4-12(15)5-3-10/h2-8H,1H3,(H,18,19). The van der Waals surface area contributed by atoms with E-state index < -0.39 is 0 Å². The van der Waals surface area contributed by atoms with Crippen LogP contribution in [0.5, 0.6) is 0 Å². The Kier molecular flexibility index (Phi) is 3.01. The predicted octanol–water partition coefficient (Wildman–Crippen LogP) is 3.50. The molecule has 0 bridgehead atoms. The Labute approximate surface area is 115 Å². The van der Waals surface area contributed by atoms with Gasteiger partial charge in [-0.1, -0.05) is 23.7 Å². The van der Waals surface area contributed by atoms with E-state index in [-0.39, 0.29) is 0 Å². The molecule has 2 heterocycles. The van der Waals surface area contributed by atoms with Gasteiger partial charge in [-0.2, -0.15) is 0 Å². The maximum Gasteiger partial charge on any atom is 0.140 e. The van der Waals surface area contributed by atoms with E-state index in [0.29, 0.717) is 0 Å². The number of halogens is 1. The Bertz CT molecular complexity index is 626. The van der Waals surface area contributed by atoms with Crippen LogP contribution in [0, 0.1) is 6.92 Å². The number of rotatable bonds is 2. The molecule has 0 atom stereocenters. The van der Waals surface area contributed by atoms with Crippen molar-refractivity contribution in [1.29, 1.82) is 0 Å². The van der Waals surface area contributed by atoms with Gasteiger partial charge in [0.25, 0.3) is 0 Å². The molecular weight excluding hydrogens is 260 g/mol. The molecule has 2 aromatic heterocycles. The molecule has 1 aromatic carbocycles. The normalized spacial score (nSPS) is 10.6. The first-order valence-electron chi connectivity index (χ1n) is 5.82. The molecule has 19 heavy (non-hydrogen) atoms. The molecular formula is C14H11ClN4. The number of aryl methyl sites for hydroxylation is 1. The smallest absolute Gasteiger partial charge is 0.140 e. The SMILES string of the molecule is Cc1ncc(-c2ncc(-c3ccc(Cl)cc3)[nH]2)cn1. The molecule has 0 fully saturated rings. The van der Waals surface area contributed by atoms with Crippen LogP contribution in [-0.2, 0) is 0 Å². The van der Waals surface area contributed by atoms with Crippen molar-refractivity contribution in [2.75, 3.05) is 0 Å². The van der Waals surface area contributed by atoms with Crippen molar-refractivity contribution < 1.29 is 0 Å². The quantitative estimate of drug-likeness (QED) is 0.775. The number of hydrogen-bond acceptors (Lipinski definition) is 3. The van der Waals surface area contributed by atoms with Gasteiger partial charge < -0.3 is 4.98 Å². The molecule has 0 aliphatic heterocycles. The number of nitrogens with one attached hydrogen (secondary N) is 1. The van der Waals surface area contributed by atoms with Crippen LogP contribution in [0.25, 0.3) is 22.6 Å². The lowest BCUT2D eigenvalue weighted by Gasteiger charge is -1.98. The third-order valence-corrected chi connectivity index (χ3v) is 3.04. The van der Waals surface area contributed by atoms with Gasteiger partial charge in [0.15, 0.2) is 0 Å². The van der Waals surface area contributed by atoms with Crippen LogP contribution in [0.15, 0.2) is 42.9 Å². The van der Waals surface area contributed by atoms with Gasteiger partial charge in [0.05, 0.1) is 17.5 Å². The van der Waals surface area contributed by atoms with Gasteiger partial charge in [0.2, 0.25) is 0 Å². The first-order chi connectivity index (χ1) is 9.22. The number of H-pyrrole nitrogens is 1. The minimum atomic E-state index is 0.718. The van der Waals surface area contributed by atoms with Crippen LogP contribution in [0.1, 0.15) is 5.82 Å². The second kappa shape index (κ2) is 4.82. The molecule has 0 saturated heterocycles. The highest BCUT2D eigenvalue weighted by molar-refractivity contribution is 6.30. The largest absolute Gasteiger partial charge is 0.338 e. The molecule has 0 saturated carbocycles. The van der Waals surface area contributed by atoms with Crippen LogP contribution in [0.2, 0.25) is 5.02 Å². The molecule has 1 N–H and O–H groups in total. The van der Waals surface area contributed by atoms with Crippen LogP contribution < -0.4 is 0 Å². The van der Waals surface area contributed by atoms with E-state index in [1.165, 1.54) is 0 Å². The van der Waals surface area contributed by atoms with E-state index in [1.54, 1.807) is 18.6 Å². The average Bonchev–Trinajstić information content (AvgIpc) is 2.90. The van der Waals surface area contributed by atoms with Gasteiger partial charge in [0.1, 0.15) is 11.6 Å². The molecule has 3 rings (SSSR count). The highest BCUT2D eigenvalue weighted by atomic mass is 35.5. The van der Waals surface area contributed by atoms with Crippen molar-refractivity contribution in [1.82, 2.24) is 19.9 Å². The van der Waals surface area contributed by atoms with Gasteiger partial charge in [0, 0.05) is 17.4 Å². The molecule has 3 aromatic rings. The molecule has 0 aliphatic rings. The number of aromatic nitrogens is 4. The minimum absolute atomic E-state index is 0.718. The van der Waals surface area contributed by atoms with Crippen LogP contribution >= 0.6 is 11.6 Å². The van der Waals surface area contributed by atoms with Crippen molar-refractivity contribution >= 4 is 11.6 Å². The summed E-state index contributed by atoms with van der Waals surface area (Å²) in [5.41, 5.74) is 2.84. The summed E-state index contributed by atoms with van der Waals surface area (Å²) in [5, 5.41) is 0.718. The topological polar surface area (TPSA) is 54.5 Å². The number of nitrogens with zero attached hydrogens (tertiary/aromatic N) is 3. The lowest BCUT2D eigenvalue weighted by Crippen LogP contribution is -1.88. The van der Waals surface area contributed by atoms with Gasteiger partial charge in [-0.05, 0) is 24.6 Å². The highest BCUT2D eigenvalue weighted by Gasteiger charge is 2.06. The molecule has 0 spiro atoms. The maximum absolute atomic E-state index is 5.87. The van der Waals surface area contributed by atoms with E-state index in [4.69, 9.17) is 11.6 Å². The zero-order valence-electron chi connectivity index (χ0n) is 10.3. The van der Waals surface area contributed by atoms with Gasteiger partial charge in [-0.25, -0.2) is 15.0 Å². The van der Waals surface area contributed by atoms with Crippen molar-refractivity contribution in [3.63, 3.8) is 0 Å². The predicted molar refractivity (Wildman–Crippen MR) is 74.8 cm³/mol. The van der Waals surface area contributed by atoms with Crippen LogP contribution in [0.4, 0.5) is 0 Å². The number of imidazole rings is 1. The first-order valence-corrected chi connectivity index (χ1v) is 6.20. The summed E-state index contributed by atoms with van der Waals surface area (Å²) in [6, 6.07) is 7.61. The monoisotopic (exact) mass is 270 g/mol. The molecule has 4 nitrogen and oxygen atoms in total. The van der Waals surface area contributed by atoms with E-state index in [9.17, 15) is 0 Å². The number of benzene rings is 1. The molecule has 0 radical (unpaired) electrons. The number of aromatic amines is 1. The van der Waals surface area contributed by atoms with Crippen LogP contribution in [0.3, 0.4) is 0 Å². The molecule has 94 valence electrons. The van der Waals surface area contributed by atoms with Gasteiger partial charge >= 0.3 is 0 Å². The average molecular weight is 271 g/mol. The summed E-state index contributed by atoms with van der Waals surface area (Å²) in [5.74, 6) is 1.50. The van der Waals surface area contributed by atoms with Gasteiger partial charge in [-0.15, -0.1) is 0 Å². The zero-order valence-corrected chi connectivity index (χ0v) is 11.0. The summed E-state index contributed by atoms with van der Waals surface area (Å²) in [6.45, 7) is 1.85. The fraction of sp³-hybridized carbons (Fsp3) is 0.0714. The fourth-order valence-corrected chi connectivity index (χ4v) is 1.88. The third kappa shape index (κ3) is 2.48. The summed E-state index contributed by atoms with van der Waals surface area (Å²) >= 11 is 5.87. The Balaban J connectivity index is 1.95. The molecule has 0 aliphatic carbocycles. The Hall–Kier alpha value is -2.20. The zero-order chi connectivity index (χ0) is 13.2. The van der Waals surface area contributed by atoms with Crippen molar-refractivity contribution in [3.05, 3.63) is 53.7 Å². The maximum atomic E-state index is 5.87. The first kappa shape index (κ1) is 11.9. The Morgan fingerprint density at radius 3 is 2.26 bits per heavy atom. The third-order valence-electron chi connectivity index (χ3n) is 2.79. The highest BCUT2D eigenvalue weighted by Crippen LogP contribution is 2.22. The van der Waals surface area contributed by atoms with E-state index in [0.717, 1.165) is 33.5 Å². The van der Waals surface area contributed by atoms with Crippen LogP contribution in [-0.4, -0.2) is 19.9 Å². The molecule has 0 amide bonds. The lowest BCUT2D eigenvalue weighted by atomic mass is 10.2. The summed E-state index contributed by atoms with van der Waals surface area (Å²) in [4.78, 5) is 15.9. The Morgan fingerprint density at radius 1 is 0.895 bits per heavy atom. The van der Waals surface area contributed by atoms with Crippen molar-refractivity contribution in [3.8, 4) is 22.6 Å². The summed E-state index contributed by atoms with van der Waals surface area (Å²) < 4.78 is 0. The lowest BCUT2D eigenvalue weighted by molar-refractivity contribution is 1.05. The second-order valence-corrected chi connectivity index (χ2v) is 4.61. The van der Waals surface area contributed by atoms with E-state index in [1.807, 2.05) is 31.2 Å². The van der Waals surface area contributed by atoms with Crippen molar-refractivity contribution in [2.45, 2.75) is 6.92 Å². The molecule has 5 heteroatoms.